The first-order valence-corrected chi connectivity index (χ1v) is 12.1. The first-order valence-electron chi connectivity index (χ1n) is 12.1. The summed E-state index contributed by atoms with van der Waals surface area (Å²) in [5.41, 5.74) is 11.8. The SMILES string of the molecule is CCc1cc(OCCCCN=[N+]=[N-])ccc1-c1ccc(C[C@H](NC(=O)OC(C)(C)C)C(=O)OC)cc1. The fourth-order valence-electron chi connectivity index (χ4n) is 3.59. The van der Waals surface area contributed by atoms with Gasteiger partial charge in [-0.1, -0.05) is 42.4 Å². The summed E-state index contributed by atoms with van der Waals surface area (Å²) in [6.07, 6.45) is 2.06. The Kier molecular flexibility index (Phi) is 11.1. The number of carbonyl (C=O) groups is 2. The van der Waals surface area contributed by atoms with Gasteiger partial charge in [-0.15, -0.1) is 0 Å². The molecular weight excluding hydrogens is 460 g/mol. The van der Waals surface area contributed by atoms with Gasteiger partial charge < -0.3 is 19.5 Å². The second kappa shape index (κ2) is 14.0. The number of unbranched alkanes of at least 4 members (excludes halogenated alkanes) is 1. The molecule has 0 aliphatic carbocycles. The number of rotatable bonds is 12. The van der Waals surface area contributed by atoms with E-state index in [9.17, 15) is 9.59 Å². The van der Waals surface area contributed by atoms with Crippen molar-refractivity contribution in [1.29, 1.82) is 0 Å². The number of azide groups is 1. The van der Waals surface area contributed by atoms with Gasteiger partial charge in [-0.3, -0.25) is 0 Å². The second-order valence-corrected chi connectivity index (χ2v) is 9.31. The largest absolute Gasteiger partial charge is 0.494 e. The Labute approximate surface area is 212 Å². The van der Waals surface area contributed by atoms with Crippen LogP contribution in [-0.2, 0) is 27.1 Å². The number of benzene rings is 2. The average Bonchev–Trinajstić information content (AvgIpc) is 2.84. The molecule has 0 aliphatic rings. The Bertz CT molecular complexity index is 1060. The molecule has 0 aromatic heterocycles. The number of aryl methyl sites for hydroxylation is 1. The van der Waals surface area contributed by atoms with Crippen molar-refractivity contribution in [3.8, 4) is 16.9 Å². The number of carbonyl (C=O) groups excluding carboxylic acids is 2. The van der Waals surface area contributed by atoms with Crippen molar-refractivity contribution >= 4 is 12.1 Å². The first-order chi connectivity index (χ1) is 17.2. The topological polar surface area (TPSA) is 123 Å². The molecule has 0 unspecified atom stereocenters. The molecule has 0 saturated heterocycles. The molecule has 36 heavy (non-hydrogen) atoms. The Morgan fingerprint density at radius 2 is 1.83 bits per heavy atom. The van der Waals surface area contributed by atoms with Gasteiger partial charge in [0.25, 0.3) is 0 Å². The lowest BCUT2D eigenvalue weighted by Crippen LogP contribution is -2.45. The molecule has 0 aliphatic heterocycles. The standard InChI is InChI=1S/C27H36N4O5/c1-6-20-18-22(35-16-8-7-15-29-31-28)13-14-23(20)21-11-9-19(10-12-21)17-24(25(32)34-5)30-26(33)36-27(2,3)4/h9-14,18,24H,6-8,15-17H2,1-5H3,(H,30,33)/t24-/m0/s1. The Morgan fingerprint density at radius 1 is 1.11 bits per heavy atom. The van der Waals surface area contributed by atoms with Crippen LogP contribution in [0, 0.1) is 0 Å². The maximum atomic E-state index is 12.2. The minimum atomic E-state index is -0.856. The van der Waals surface area contributed by atoms with Crippen LogP contribution in [0.1, 0.15) is 51.7 Å². The number of alkyl carbamates (subject to hydrolysis) is 1. The third-order valence-electron chi connectivity index (χ3n) is 5.32. The molecule has 1 amide bonds. The molecule has 2 rings (SSSR count). The van der Waals surface area contributed by atoms with E-state index in [-0.39, 0.29) is 6.42 Å². The molecule has 0 heterocycles. The fraction of sp³-hybridized carbons (Fsp3) is 0.481. The molecule has 1 N–H and O–H groups in total. The Balaban J connectivity index is 2.07. The maximum Gasteiger partial charge on any atom is 0.408 e. The summed E-state index contributed by atoms with van der Waals surface area (Å²) in [7, 11) is 1.29. The summed E-state index contributed by atoms with van der Waals surface area (Å²) in [5, 5.41) is 6.13. The number of nitrogens with one attached hydrogen (secondary N) is 1. The van der Waals surface area contributed by atoms with Gasteiger partial charge in [0.2, 0.25) is 0 Å². The lowest BCUT2D eigenvalue weighted by molar-refractivity contribution is -0.143. The molecule has 2 aromatic rings. The summed E-state index contributed by atoms with van der Waals surface area (Å²) in [5.74, 6) is 0.275. The van der Waals surface area contributed by atoms with E-state index < -0.39 is 23.7 Å². The lowest BCUT2D eigenvalue weighted by atomic mass is 9.96. The van der Waals surface area contributed by atoms with Crippen molar-refractivity contribution < 1.29 is 23.8 Å². The van der Waals surface area contributed by atoms with E-state index in [1.54, 1.807) is 20.8 Å². The number of esters is 1. The highest BCUT2D eigenvalue weighted by atomic mass is 16.6. The van der Waals surface area contributed by atoms with Gasteiger partial charge in [0.15, 0.2) is 0 Å². The third-order valence-corrected chi connectivity index (χ3v) is 5.32. The third kappa shape index (κ3) is 9.50. The van der Waals surface area contributed by atoms with Gasteiger partial charge in [-0.05, 0) is 80.0 Å². The molecule has 1 atom stereocenters. The van der Waals surface area contributed by atoms with E-state index in [1.165, 1.54) is 7.11 Å². The van der Waals surface area contributed by atoms with E-state index in [2.05, 4.69) is 28.3 Å². The highest BCUT2D eigenvalue weighted by Gasteiger charge is 2.25. The highest BCUT2D eigenvalue weighted by Crippen LogP contribution is 2.28. The molecular formula is C27H36N4O5. The Hall–Kier alpha value is -3.71. The fourth-order valence-corrected chi connectivity index (χ4v) is 3.59. The summed E-state index contributed by atoms with van der Waals surface area (Å²) in [6, 6.07) is 13.1. The second-order valence-electron chi connectivity index (χ2n) is 9.31. The van der Waals surface area contributed by atoms with Gasteiger partial charge in [-0.2, -0.15) is 0 Å². The molecule has 9 nitrogen and oxygen atoms in total. The van der Waals surface area contributed by atoms with E-state index in [4.69, 9.17) is 19.7 Å². The normalized spacial score (nSPS) is 11.7. The van der Waals surface area contributed by atoms with E-state index in [0.717, 1.165) is 47.3 Å². The number of hydrogen-bond acceptors (Lipinski definition) is 6. The van der Waals surface area contributed by atoms with Crippen LogP contribution in [0.4, 0.5) is 4.79 Å². The average molecular weight is 497 g/mol. The van der Waals surface area contributed by atoms with Crippen molar-refractivity contribution in [2.75, 3.05) is 20.3 Å². The van der Waals surface area contributed by atoms with Gasteiger partial charge in [0, 0.05) is 17.9 Å². The van der Waals surface area contributed by atoms with E-state index >= 15 is 0 Å². The summed E-state index contributed by atoms with van der Waals surface area (Å²) in [4.78, 5) is 27.2. The van der Waals surface area contributed by atoms with Crippen LogP contribution in [0.25, 0.3) is 21.6 Å². The van der Waals surface area contributed by atoms with Crippen molar-refractivity contribution in [3.63, 3.8) is 0 Å². The zero-order valence-corrected chi connectivity index (χ0v) is 21.7. The molecule has 0 radical (unpaired) electrons. The van der Waals surface area contributed by atoms with E-state index in [0.29, 0.717) is 13.2 Å². The van der Waals surface area contributed by atoms with Gasteiger partial charge in [0.05, 0.1) is 13.7 Å². The molecule has 0 bridgehead atoms. The number of methoxy groups -OCH3 is 1. The van der Waals surface area contributed by atoms with Crippen LogP contribution in [0.2, 0.25) is 0 Å². The predicted molar refractivity (Wildman–Crippen MR) is 139 cm³/mol. The zero-order valence-electron chi connectivity index (χ0n) is 21.7. The van der Waals surface area contributed by atoms with Gasteiger partial charge >= 0.3 is 12.1 Å². The minimum Gasteiger partial charge on any atom is -0.494 e. The van der Waals surface area contributed by atoms with Gasteiger partial charge in [-0.25, -0.2) is 9.59 Å². The van der Waals surface area contributed by atoms with Crippen LogP contribution < -0.4 is 10.1 Å². The minimum absolute atomic E-state index is 0.277. The van der Waals surface area contributed by atoms with Gasteiger partial charge in [0.1, 0.15) is 17.4 Å². The maximum absolute atomic E-state index is 12.2. The summed E-state index contributed by atoms with van der Waals surface area (Å²) >= 11 is 0. The number of amides is 1. The quantitative estimate of drug-likeness (QED) is 0.127. The van der Waals surface area contributed by atoms with Crippen LogP contribution in [-0.4, -0.2) is 44.0 Å². The monoisotopic (exact) mass is 496 g/mol. The summed E-state index contributed by atoms with van der Waals surface area (Å²) < 4.78 is 16.0. The zero-order chi connectivity index (χ0) is 26.6. The number of hydrogen-bond donors (Lipinski definition) is 1. The predicted octanol–water partition coefficient (Wildman–Crippen LogP) is 5.99. The highest BCUT2D eigenvalue weighted by molar-refractivity contribution is 5.81. The van der Waals surface area contributed by atoms with Crippen LogP contribution in [0.5, 0.6) is 5.75 Å². The van der Waals surface area contributed by atoms with E-state index in [1.807, 2.05) is 36.4 Å². The van der Waals surface area contributed by atoms with Crippen molar-refractivity contribution in [1.82, 2.24) is 5.32 Å². The smallest absolute Gasteiger partial charge is 0.408 e. The lowest BCUT2D eigenvalue weighted by Gasteiger charge is -2.22. The molecule has 194 valence electrons. The number of nitrogens with zero attached hydrogens (tertiary/aromatic N) is 3. The Morgan fingerprint density at radius 3 is 2.44 bits per heavy atom. The van der Waals surface area contributed by atoms with Crippen molar-refractivity contribution in [2.24, 2.45) is 5.11 Å². The van der Waals surface area contributed by atoms with Crippen LogP contribution in [0.3, 0.4) is 0 Å². The first kappa shape index (κ1) is 28.5. The molecule has 0 spiro atoms. The molecule has 9 heteroatoms. The molecule has 0 saturated carbocycles. The van der Waals surface area contributed by atoms with Crippen molar-refractivity contribution in [3.05, 3.63) is 64.0 Å². The van der Waals surface area contributed by atoms with Crippen molar-refractivity contribution in [2.45, 2.75) is 65.0 Å². The summed E-state index contributed by atoms with van der Waals surface area (Å²) in [6.45, 7) is 8.42. The van der Waals surface area contributed by atoms with Crippen LogP contribution in [0.15, 0.2) is 47.6 Å². The van der Waals surface area contributed by atoms with Crippen LogP contribution >= 0.6 is 0 Å². The molecule has 0 fully saturated rings. The number of ether oxygens (including phenoxy) is 3. The molecule has 2 aromatic carbocycles.